The largest absolute Gasteiger partial charge is 0.573 e. The van der Waals surface area contributed by atoms with E-state index in [9.17, 15) is 48.0 Å². The van der Waals surface area contributed by atoms with E-state index in [0.717, 1.165) is 24.3 Å². The Labute approximate surface area is 214 Å². The first-order chi connectivity index (χ1) is 17.1. The lowest BCUT2D eigenvalue weighted by atomic mass is 9.73. The van der Waals surface area contributed by atoms with Gasteiger partial charge in [-0.25, -0.2) is 21.8 Å². The number of ether oxygens (including phenoxy) is 1. The van der Waals surface area contributed by atoms with Gasteiger partial charge in [0.15, 0.2) is 19.7 Å². The fourth-order valence-electron chi connectivity index (χ4n) is 3.97. The molecule has 1 aromatic carbocycles. The van der Waals surface area contributed by atoms with Crippen LogP contribution in [0.2, 0.25) is 0 Å². The first-order valence-electron chi connectivity index (χ1n) is 10.8. The number of aromatic nitrogens is 1. The molecule has 1 saturated carbocycles. The standard InChI is InChI=1S/C22H22F6N2O6S2/c1-20(2,38(34,35)16-6-4-5-15(10-16)36-22(26,27)28)12-7-14(8-12)30-19(31)18-17(37(3,32)33)9-13(11-29-18)21(23,24)25/h4-6,9-12,14H,7-8H2,1-3H3,(H,30,31). The quantitative estimate of drug-likeness (QED) is 0.483. The predicted octanol–water partition coefficient (Wildman–Crippen LogP) is 4.16. The molecule has 16 heteroatoms. The number of amides is 1. The van der Waals surface area contributed by atoms with Gasteiger partial charge >= 0.3 is 12.5 Å². The monoisotopic (exact) mass is 588 g/mol. The molecule has 1 amide bonds. The summed E-state index contributed by atoms with van der Waals surface area (Å²) in [5.74, 6) is -2.33. The number of hydrogen-bond donors (Lipinski definition) is 1. The van der Waals surface area contributed by atoms with Crippen LogP contribution in [0.1, 0.15) is 42.7 Å². The molecule has 2 aromatic rings. The molecule has 0 atom stereocenters. The van der Waals surface area contributed by atoms with Gasteiger partial charge in [0.1, 0.15) is 11.4 Å². The summed E-state index contributed by atoms with van der Waals surface area (Å²) in [5, 5.41) is 2.44. The number of carbonyl (C=O) groups excluding carboxylic acids is 1. The van der Waals surface area contributed by atoms with Gasteiger partial charge in [-0.2, -0.15) is 13.2 Å². The third-order valence-electron chi connectivity index (χ3n) is 6.29. The van der Waals surface area contributed by atoms with Gasteiger partial charge in [-0.15, -0.1) is 13.2 Å². The summed E-state index contributed by atoms with van der Waals surface area (Å²) < 4.78 is 129. The molecule has 1 aliphatic carbocycles. The first-order valence-corrected chi connectivity index (χ1v) is 14.2. The number of sulfone groups is 2. The van der Waals surface area contributed by atoms with E-state index in [1.807, 2.05) is 0 Å². The van der Waals surface area contributed by atoms with Crippen LogP contribution in [0.25, 0.3) is 0 Å². The molecule has 0 saturated heterocycles. The maximum Gasteiger partial charge on any atom is 0.573 e. The Kier molecular flexibility index (Phi) is 7.57. The van der Waals surface area contributed by atoms with E-state index in [-0.39, 0.29) is 12.8 Å². The van der Waals surface area contributed by atoms with Crippen LogP contribution < -0.4 is 10.1 Å². The number of pyridine rings is 1. The Morgan fingerprint density at radius 1 is 1.03 bits per heavy atom. The highest BCUT2D eigenvalue weighted by Crippen LogP contribution is 2.44. The van der Waals surface area contributed by atoms with Gasteiger partial charge in [-0.3, -0.25) is 4.79 Å². The van der Waals surface area contributed by atoms with E-state index in [4.69, 9.17) is 0 Å². The van der Waals surface area contributed by atoms with E-state index in [2.05, 4.69) is 15.0 Å². The van der Waals surface area contributed by atoms with Crippen molar-refractivity contribution >= 4 is 25.6 Å². The molecule has 210 valence electrons. The van der Waals surface area contributed by atoms with E-state index >= 15 is 0 Å². The number of alkyl halides is 6. The lowest BCUT2D eigenvalue weighted by Crippen LogP contribution is -2.53. The zero-order chi connectivity index (χ0) is 28.9. The maximum atomic E-state index is 13.2. The topological polar surface area (TPSA) is 119 Å². The number of rotatable bonds is 7. The molecule has 1 heterocycles. The smallest absolute Gasteiger partial charge is 0.406 e. The normalized spacial score (nSPS) is 19.0. The molecule has 1 N–H and O–H groups in total. The summed E-state index contributed by atoms with van der Waals surface area (Å²) in [6.07, 6.45) is -8.77. The van der Waals surface area contributed by atoms with E-state index < -0.39 is 81.6 Å². The van der Waals surface area contributed by atoms with E-state index in [1.54, 1.807) is 0 Å². The average molecular weight is 589 g/mol. The number of carbonyl (C=O) groups is 1. The molecule has 8 nitrogen and oxygen atoms in total. The highest BCUT2D eigenvalue weighted by atomic mass is 32.2. The van der Waals surface area contributed by atoms with Crippen molar-refractivity contribution in [3.63, 3.8) is 0 Å². The predicted molar refractivity (Wildman–Crippen MR) is 121 cm³/mol. The summed E-state index contributed by atoms with van der Waals surface area (Å²) in [4.78, 5) is 14.8. The lowest BCUT2D eigenvalue weighted by molar-refractivity contribution is -0.274. The average Bonchev–Trinajstić information content (AvgIpc) is 2.72. The highest BCUT2D eigenvalue weighted by molar-refractivity contribution is 7.92. The minimum Gasteiger partial charge on any atom is -0.406 e. The fourth-order valence-corrected chi connectivity index (χ4v) is 6.58. The van der Waals surface area contributed by atoms with Crippen LogP contribution >= 0.6 is 0 Å². The zero-order valence-electron chi connectivity index (χ0n) is 20.0. The van der Waals surface area contributed by atoms with Crippen molar-refractivity contribution in [2.45, 2.75) is 59.8 Å². The van der Waals surface area contributed by atoms with Crippen LogP contribution in [0, 0.1) is 5.92 Å². The molecule has 38 heavy (non-hydrogen) atoms. The van der Waals surface area contributed by atoms with Crippen molar-refractivity contribution in [3.05, 3.63) is 47.8 Å². The number of halogens is 6. The van der Waals surface area contributed by atoms with Crippen LogP contribution in [-0.4, -0.2) is 51.1 Å². The van der Waals surface area contributed by atoms with Crippen molar-refractivity contribution in [2.24, 2.45) is 5.92 Å². The molecule has 0 bridgehead atoms. The van der Waals surface area contributed by atoms with Crippen molar-refractivity contribution < 1.29 is 52.7 Å². The summed E-state index contributed by atoms with van der Waals surface area (Å²) >= 11 is 0. The van der Waals surface area contributed by atoms with Gasteiger partial charge in [0.05, 0.1) is 20.1 Å². The SMILES string of the molecule is CC(C)(C1CC(NC(=O)c2ncc(C(F)(F)F)cc2S(C)(=O)=O)C1)S(=O)(=O)c1cccc(OC(F)(F)F)c1. The van der Waals surface area contributed by atoms with Gasteiger partial charge in [0.2, 0.25) is 0 Å². The molecular weight excluding hydrogens is 566 g/mol. The number of nitrogens with one attached hydrogen (secondary N) is 1. The van der Waals surface area contributed by atoms with Crippen LogP contribution in [0.15, 0.2) is 46.3 Å². The second-order valence-corrected chi connectivity index (χ2v) is 13.8. The Hall–Kier alpha value is -2.88. The molecule has 0 aliphatic heterocycles. The molecular formula is C22H22F6N2O6S2. The van der Waals surface area contributed by atoms with Gasteiger partial charge in [0.25, 0.3) is 5.91 Å². The Morgan fingerprint density at radius 3 is 2.16 bits per heavy atom. The van der Waals surface area contributed by atoms with E-state index in [1.165, 1.54) is 13.8 Å². The number of benzene rings is 1. The fraction of sp³-hybridized carbons (Fsp3) is 0.455. The van der Waals surface area contributed by atoms with Crippen molar-refractivity contribution in [1.82, 2.24) is 10.3 Å². The van der Waals surface area contributed by atoms with Crippen molar-refractivity contribution in [1.29, 1.82) is 0 Å². The summed E-state index contributed by atoms with van der Waals surface area (Å²) in [7, 11) is -8.45. The summed E-state index contributed by atoms with van der Waals surface area (Å²) in [5.41, 5.74) is -2.09. The van der Waals surface area contributed by atoms with E-state index in [0.29, 0.717) is 18.5 Å². The van der Waals surface area contributed by atoms with Crippen LogP contribution in [-0.2, 0) is 25.9 Å². The number of nitrogens with zero attached hydrogens (tertiary/aromatic N) is 1. The zero-order valence-corrected chi connectivity index (χ0v) is 21.6. The molecule has 1 aliphatic rings. The molecule has 1 fully saturated rings. The molecule has 1 aromatic heterocycles. The molecule has 0 spiro atoms. The molecule has 0 unspecified atom stereocenters. The molecule has 0 radical (unpaired) electrons. The second-order valence-electron chi connectivity index (χ2n) is 9.31. The maximum absolute atomic E-state index is 13.2. The Morgan fingerprint density at radius 2 is 1.63 bits per heavy atom. The second kappa shape index (κ2) is 9.70. The highest BCUT2D eigenvalue weighted by Gasteiger charge is 2.49. The summed E-state index contributed by atoms with van der Waals surface area (Å²) in [6.45, 7) is 2.75. The van der Waals surface area contributed by atoms with Crippen molar-refractivity contribution in [3.8, 4) is 5.75 Å². The molecule has 3 rings (SSSR count). The lowest BCUT2D eigenvalue weighted by Gasteiger charge is -2.44. The van der Waals surface area contributed by atoms with Gasteiger partial charge in [0, 0.05) is 18.5 Å². The third-order valence-corrected chi connectivity index (χ3v) is 10.00. The Bertz CT molecular complexity index is 1450. The van der Waals surface area contributed by atoms with Crippen molar-refractivity contribution in [2.75, 3.05) is 6.26 Å². The minimum atomic E-state index is -5.02. The minimum absolute atomic E-state index is 0.0888. The van der Waals surface area contributed by atoms with Gasteiger partial charge in [-0.05, 0) is 56.9 Å². The third kappa shape index (κ3) is 6.22. The number of hydrogen-bond acceptors (Lipinski definition) is 7. The van der Waals surface area contributed by atoms with Crippen LogP contribution in [0.4, 0.5) is 26.3 Å². The van der Waals surface area contributed by atoms with Gasteiger partial charge in [-0.1, -0.05) is 6.07 Å². The Balaban J connectivity index is 1.75. The van der Waals surface area contributed by atoms with Crippen LogP contribution in [0.3, 0.4) is 0 Å². The summed E-state index contributed by atoms with van der Waals surface area (Å²) in [6, 6.07) is 3.59. The van der Waals surface area contributed by atoms with Gasteiger partial charge < -0.3 is 10.1 Å². The van der Waals surface area contributed by atoms with Crippen LogP contribution in [0.5, 0.6) is 5.75 Å². The first kappa shape index (κ1) is 29.7.